The minimum absolute atomic E-state index is 0.00634. The molecule has 8 nitrogen and oxygen atoms in total. The van der Waals surface area contributed by atoms with Crippen LogP contribution in [0.25, 0.3) is 0 Å². The molecule has 0 spiro atoms. The number of carbonyl (C=O) groups excluding carboxylic acids is 1. The molecule has 3 aromatic carbocycles. The van der Waals surface area contributed by atoms with Gasteiger partial charge in [0.2, 0.25) is 5.91 Å². The summed E-state index contributed by atoms with van der Waals surface area (Å²) in [5.74, 6) is 0.286. The zero-order valence-electron chi connectivity index (χ0n) is 22.1. The Kier molecular flexibility index (Phi) is 8.78. The minimum atomic E-state index is -4.09. The number of hydrogen-bond donors (Lipinski definition) is 1. The highest BCUT2D eigenvalue weighted by Crippen LogP contribution is 2.32. The number of para-hydroxylation sites is 1. The fourth-order valence-corrected chi connectivity index (χ4v) is 6.08. The van der Waals surface area contributed by atoms with Gasteiger partial charge in [-0.1, -0.05) is 30.3 Å². The maximum atomic E-state index is 13.7. The third-order valence-electron chi connectivity index (χ3n) is 6.77. The van der Waals surface area contributed by atoms with Crippen LogP contribution < -0.4 is 24.0 Å². The van der Waals surface area contributed by atoms with E-state index >= 15 is 0 Å². The zero-order chi connectivity index (χ0) is 27.1. The van der Waals surface area contributed by atoms with Crippen molar-refractivity contribution in [3.8, 4) is 11.5 Å². The smallest absolute Gasteiger partial charge is 0.264 e. The quantitative estimate of drug-likeness (QED) is 0.401. The first-order valence-corrected chi connectivity index (χ1v) is 14.2. The summed E-state index contributed by atoms with van der Waals surface area (Å²) in [7, 11) is -1.17. The molecule has 1 unspecified atom stereocenters. The molecule has 1 aliphatic rings. The largest absolute Gasteiger partial charge is 0.493 e. The Morgan fingerprint density at radius 1 is 0.921 bits per heavy atom. The van der Waals surface area contributed by atoms with Gasteiger partial charge in [0.05, 0.1) is 30.8 Å². The highest BCUT2D eigenvalue weighted by molar-refractivity contribution is 7.92. The van der Waals surface area contributed by atoms with Crippen LogP contribution in [-0.4, -0.2) is 48.2 Å². The van der Waals surface area contributed by atoms with Crippen molar-refractivity contribution in [1.29, 1.82) is 0 Å². The lowest BCUT2D eigenvalue weighted by Crippen LogP contribution is -2.41. The van der Waals surface area contributed by atoms with Crippen LogP contribution in [-0.2, 0) is 14.8 Å². The van der Waals surface area contributed by atoms with Crippen molar-refractivity contribution in [2.24, 2.45) is 0 Å². The molecule has 0 bridgehead atoms. The third kappa shape index (κ3) is 6.22. The fourth-order valence-electron chi connectivity index (χ4n) is 4.64. The van der Waals surface area contributed by atoms with Crippen molar-refractivity contribution >= 4 is 27.3 Å². The fraction of sp³-hybridized carbons (Fsp3) is 0.345. The lowest BCUT2D eigenvalue weighted by atomic mass is 10.1. The number of carbonyl (C=O) groups is 1. The minimum Gasteiger partial charge on any atom is -0.493 e. The van der Waals surface area contributed by atoms with Gasteiger partial charge in [0.1, 0.15) is 6.54 Å². The molecule has 9 heteroatoms. The number of sulfonamides is 1. The summed E-state index contributed by atoms with van der Waals surface area (Å²) in [5.41, 5.74) is 2.52. The van der Waals surface area contributed by atoms with Crippen molar-refractivity contribution < 1.29 is 22.7 Å². The zero-order valence-corrected chi connectivity index (χ0v) is 22.9. The number of nitrogens with zero attached hydrogens (tertiary/aromatic N) is 2. The summed E-state index contributed by atoms with van der Waals surface area (Å²) in [5, 5.41) is 2.96. The second-order valence-corrected chi connectivity index (χ2v) is 11.2. The van der Waals surface area contributed by atoms with Crippen LogP contribution in [0.5, 0.6) is 11.5 Å². The summed E-state index contributed by atoms with van der Waals surface area (Å²) < 4.78 is 39.1. The number of benzene rings is 3. The SMILES string of the molecule is COc1ccc(S(=O)(=O)N(CC(=O)NC(C)c2ccc(N3CCCCC3)cc2)c2ccccc2)cc1OC. The molecule has 0 saturated carbocycles. The molecule has 202 valence electrons. The summed E-state index contributed by atoms with van der Waals surface area (Å²) >= 11 is 0. The molecule has 1 fully saturated rings. The predicted octanol–water partition coefficient (Wildman–Crippen LogP) is 4.77. The van der Waals surface area contributed by atoms with Crippen molar-refractivity contribution in [2.45, 2.75) is 37.1 Å². The van der Waals surface area contributed by atoms with Crippen LogP contribution in [0.3, 0.4) is 0 Å². The van der Waals surface area contributed by atoms with E-state index in [-0.39, 0.29) is 23.2 Å². The number of rotatable bonds is 10. The number of amides is 1. The van der Waals surface area contributed by atoms with Gasteiger partial charge >= 0.3 is 0 Å². The number of nitrogens with one attached hydrogen (secondary N) is 1. The van der Waals surface area contributed by atoms with Crippen LogP contribution in [0, 0.1) is 0 Å². The van der Waals surface area contributed by atoms with Gasteiger partial charge in [-0.05, 0) is 68.1 Å². The van der Waals surface area contributed by atoms with E-state index in [9.17, 15) is 13.2 Å². The molecule has 4 rings (SSSR count). The van der Waals surface area contributed by atoms with Gasteiger partial charge in [-0.15, -0.1) is 0 Å². The Bertz CT molecular complexity index is 1320. The summed E-state index contributed by atoms with van der Waals surface area (Å²) in [6.07, 6.45) is 3.69. The number of hydrogen-bond acceptors (Lipinski definition) is 6. The second kappa shape index (κ2) is 12.2. The standard InChI is InChI=1S/C29H35N3O5S/c1-22(23-12-14-24(15-13-23)31-18-8-5-9-19-31)30-29(33)21-32(25-10-6-4-7-11-25)38(34,35)26-16-17-27(36-2)28(20-26)37-3/h4,6-7,10-17,20,22H,5,8-9,18-19,21H2,1-3H3,(H,30,33). The van der Waals surface area contributed by atoms with Gasteiger partial charge in [-0.3, -0.25) is 9.10 Å². The van der Waals surface area contributed by atoms with E-state index in [1.807, 2.05) is 19.1 Å². The van der Waals surface area contributed by atoms with E-state index in [0.29, 0.717) is 11.4 Å². The van der Waals surface area contributed by atoms with Gasteiger partial charge in [0.25, 0.3) is 10.0 Å². The second-order valence-electron chi connectivity index (χ2n) is 9.29. The molecule has 0 radical (unpaired) electrons. The summed E-state index contributed by atoms with van der Waals surface area (Å²) in [6, 6.07) is 20.9. The molecule has 0 aliphatic carbocycles. The Balaban J connectivity index is 1.52. The van der Waals surface area contributed by atoms with Crippen molar-refractivity contribution in [3.05, 3.63) is 78.4 Å². The van der Waals surface area contributed by atoms with E-state index in [0.717, 1.165) is 23.0 Å². The molecule has 1 heterocycles. The van der Waals surface area contributed by atoms with Crippen LogP contribution >= 0.6 is 0 Å². The average molecular weight is 538 g/mol. The number of piperidine rings is 1. The summed E-state index contributed by atoms with van der Waals surface area (Å²) in [4.78, 5) is 15.5. The Morgan fingerprint density at radius 2 is 1.58 bits per heavy atom. The van der Waals surface area contributed by atoms with Gasteiger partial charge in [-0.2, -0.15) is 0 Å². The molecule has 38 heavy (non-hydrogen) atoms. The van der Waals surface area contributed by atoms with E-state index in [4.69, 9.17) is 9.47 Å². The molecule has 1 saturated heterocycles. The molecule has 0 aromatic heterocycles. The lowest BCUT2D eigenvalue weighted by Gasteiger charge is -2.29. The number of methoxy groups -OCH3 is 2. The number of anilines is 2. The van der Waals surface area contributed by atoms with Crippen LogP contribution in [0.2, 0.25) is 0 Å². The van der Waals surface area contributed by atoms with E-state index in [2.05, 4.69) is 22.3 Å². The maximum Gasteiger partial charge on any atom is 0.264 e. The highest BCUT2D eigenvalue weighted by atomic mass is 32.2. The summed E-state index contributed by atoms with van der Waals surface area (Å²) in [6.45, 7) is 3.64. The average Bonchev–Trinajstić information content (AvgIpc) is 2.96. The van der Waals surface area contributed by atoms with Gasteiger partial charge < -0.3 is 19.7 Å². The highest BCUT2D eigenvalue weighted by Gasteiger charge is 2.29. The van der Waals surface area contributed by atoms with E-state index in [1.54, 1.807) is 30.3 Å². The van der Waals surface area contributed by atoms with Crippen molar-refractivity contribution in [3.63, 3.8) is 0 Å². The maximum absolute atomic E-state index is 13.7. The Morgan fingerprint density at radius 3 is 2.21 bits per heavy atom. The van der Waals surface area contributed by atoms with Gasteiger partial charge in [-0.25, -0.2) is 8.42 Å². The monoisotopic (exact) mass is 537 g/mol. The topological polar surface area (TPSA) is 88.2 Å². The molecular formula is C29H35N3O5S. The normalized spacial score (nSPS) is 14.4. The molecule has 1 aliphatic heterocycles. The molecular weight excluding hydrogens is 502 g/mol. The molecule has 3 aromatic rings. The molecule has 1 amide bonds. The first kappa shape index (κ1) is 27.3. The van der Waals surface area contributed by atoms with Crippen molar-refractivity contribution in [2.75, 3.05) is 43.1 Å². The van der Waals surface area contributed by atoms with Gasteiger partial charge in [0.15, 0.2) is 11.5 Å². The van der Waals surface area contributed by atoms with Crippen LogP contribution in [0.15, 0.2) is 77.7 Å². The molecule has 1 atom stereocenters. The molecule has 1 N–H and O–H groups in total. The lowest BCUT2D eigenvalue weighted by molar-refractivity contribution is -0.120. The van der Waals surface area contributed by atoms with E-state index in [1.165, 1.54) is 57.4 Å². The van der Waals surface area contributed by atoms with Gasteiger partial charge in [0, 0.05) is 24.8 Å². The number of ether oxygens (including phenoxy) is 2. The Labute approximate surface area is 225 Å². The van der Waals surface area contributed by atoms with Crippen molar-refractivity contribution in [1.82, 2.24) is 5.32 Å². The van der Waals surface area contributed by atoms with Crippen LogP contribution in [0.4, 0.5) is 11.4 Å². The Hall–Kier alpha value is -3.72. The third-order valence-corrected chi connectivity index (χ3v) is 8.54. The first-order chi connectivity index (χ1) is 18.3. The van der Waals surface area contributed by atoms with E-state index < -0.39 is 15.9 Å². The first-order valence-electron chi connectivity index (χ1n) is 12.8. The van der Waals surface area contributed by atoms with Crippen LogP contribution in [0.1, 0.15) is 37.8 Å². The predicted molar refractivity (Wildman–Crippen MR) is 150 cm³/mol.